The molecule has 3 N–H and O–H groups in total. The van der Waals surface area contributed by atoms with Crippen molar-refractivity contribution in [2.75, 3.05) is 6.54 Å². The lowest BCUT2D eigenvalue weighted by molar-refractivity contribution is -0.128. The van der Waals surface area contributed by atoms with Gasteiger partial charge in [0.25, 0.3) is 11.8 Å². The fourth-order valence-electron chi connectivity index (χ4n) is 1.51. The van der Waals surface area contributed by atoms with Crippen LogP contribution < -0.4 is 10.8 Å². The maximum atomic E-state index is 11.6. The Morgan fingerprint density at radius 2 is 1.89 bits per heavy atom. The van der Waals surface area contributed by atoms with E-state index in [0.717, 1.165) is 19.3 Å². The Kier molecular flexibility index (Phi) is 5.87. The third-order valence-corrected chi connectivity index (χ3v) is 2.57. The molecule has 0 aliphatic carbocycles. The first-order valence-corrected chi connectivity index (χ1v) is 5.97. The number of benzene rings is 1. The number of hydrogen-bond donors (Lipinski definition) is 3. The van der Waals surface area contributed by atoms with Crippen molar-refractivity contribution in [3.63, 3.8) is 0 Å². The van der Waals surface area contributed by atoms with E-state index in [-0.39, 0.29) is 12.5 Å². The fourth-order valence-corrected chi connectivity index (χ4v) is 1.51. The van der Waals surface area contributed by atoms with E-state index in [1.165, 1.54) is 11.0 Å². The molecule has 0 bridgehead atoms. The van der Waals surface area contributed by atoms with Crippen LogP contribution in [0.3, 0.4) is 0 Å². The van der Waals surface area contributed by atoms with E-state index in [1.54, 1.807) is 12.1 Å². The molecule has 5 heteroatoms. The highest BCUT2D eigenvalue weighted by Crippen LogP contribution is 2.07. The van der Waals surface area contributed by atoms with Gasteiger partial charge in [0.1, 0.15) is 0 Å². The minimum Gasteiger partial charge on any atom is -0.343 e. The van der Waals surface area contributed by atoms with Crippen LogP contribution in [-0.2, 0) is 11.2 Å². The van der Waals surface area contributed by atoms with E-state index in [4.69, 9.17) is 5.21 Å². The van der Waals surface area contributed by atoms with E-state index in [9.17, 15) is 9.59 Å². The third kappa shape index (κ3) is 4.55. The lowest BCUT2D eigenvalue weighted by atomic mass is 10.1. The topological polar surface area (TPSA) is 78.4 Å². The van der Waals surface area contributed by atoms with Gasteiger partial charge in [-0.2, -0.15) is 0 Å². The molecular weight excluding hydrogens is 232 g/mol. The number of hydrogen-bond acceptors (Lipinski definition) is 3. The lowest BCUT2D eigenvalue weighted by Gasteiger charge is -2.05. The molecule has 1 aromatic carbocycles. The number of carbonyl (C=O) groups excluding carboxylic acids is 2. The highest BCUT2D eigenvalue weighted by molar-refractivity contribution is 5.96. The highest BCUT2D eigenvalue weighted by Gasteiger charge is 2.07. The molecule has 0 aromatic heterocycles. The molecule has 0 saturated heterocycles. The average molecular weight is 250 g/mol. The highest BCUT2D eigenvalue weighted by atomic mass is 16.5. The summed E-state index contributed by atoms with van der Waals surface area (Å²) in [5.41, 5.74) is 3.15. The van der Waals surface area contributed by atoms with Gasteiger partial charge in [-0.1, -0.05) is 25.5 Å². The van der Waals surface area contributed by atoms with E-state index in [0.29, 0.717) is 5.56 Å². The summed E-state index contributed by atoms with van der Waals surface area (Å²) in [5.74, 6) is -0.983. The molecule has 2 amide bonds. The summed E-state index contributed by atoms with van der Waals surface area (Å²) in [7, 11) is 0. The molecule has 0 unspecified atom stereocenters. The number of nitrogens with one attached hydrogen (secondary N) is 2. The second-order valence-electron chi connectivity index (χ2n) is 4.02. The van der Waals surface area contributed by atoms with Crippen molar-refractivity contribution in [2.45, 2.75) is 26.2 Å². The quantitative estimate of drug-likeness (QED) is 0.525. The second-order valence-corrected chi connectivity index (χ2v) is 4.02. The summed E-state index contributed by atoms with van der Waals surface area (Å²) >= 11 is 0. The third-order valence-electron chi connectivity index (χ3n) is 2.57. The van der Waals surface area contributed by atoms with Crippen LogP contribution in [0.1, 0.15) is 35.7 Å². The largest absolute Gasteiger partial charge is 0.343 e. The van der Waals surface area contributed by atoms with Gasteiger partial charge < -0.3 is 5.32 Å². The minimum atomic E-state index is -0.650. The SMILES string of the molecule is CCCCc1ccc(C(=O)NCC(=O)NO)cc1. The Morgan fingerprint density at radius 3 is 2.44 bits per heavy atom. The van der Waals surface area contributed by atoms with Crippen molar-refractivity contribution >= 4 is 11.8 Å². The molecule has 18 heavy (non-hydrogen) atoms. The van der Waals surface area contributed by atoms with Crippen molar-refractivity contribution in [1.29, 1.82) is 0 Å². The van der Waals surface area contributed by atoms with E-state index in [1.807, 2.05) is 12.1 Å². The first-order chi connectivity index (χ1) is 8.67. The molecule has 0 fully saturated rings. The summed E-state index contributed by atoms with van der Waals surface area (Å²) in [5, 5.41) is 10.7. The Hall–Kier alpha value is -1.88. The Labute approximate surface area is 106 Å². The molecule has 0 spiro atoms. The van der Waals surface area contributed by atoms with Crippen LogP contribution in [0.25, 0.3) is 0 Å². The number of unbranched alkanes of at least 4 members (excludes halogenated alkanes) is 1. The van der Waals surface area contributed by atoms with Crippen LogP contribution in [0.15, 0.2) is 24.3 Å². The Bertz CT molecular complexity index is 401. The maximum absolute atomic E-state index is 11.6. The predicted octanol–water partition coefficient (Wildman–Crippen LogP) is 1.26. The van der Waals surface area contributed by atoms with Gasteiger partial charge in [0, 0.05) is 5.56 Å². The molecule has 5 nitrogen and oxygen atoms in total. The smallest absolute Gasteiger partial charge is 0.262 e. The second kappa shape index (κ2) is 7.45. The van der Waals surface area contributed by atoms with Gasteiger partial charge in [-0.25, -0.2) is 5.48 Å². The Balaban J connectivity index is 2.51. The molecule has 1 rings (SSSR count). The molecule has 0 aliphatic rings. The van der Waals surface area contributed by atoms with Gasteiger partial charge in [0.2, 0.25) is 0 Å². The summed E-state index contributed by atoms with van der Waals surface area (Å²) in [4.78, 5) is 22.4. The molecule has 0 aliphatic heterocycles. The average Bonchev–Trinajstić information content (AvgIpc) is 2.42. The normalized spacial score (nSPS) is 9.89. The molecule has 0 saturated carbocycles. The van der Waals surface area contributed by atoms with Crippen LogP contribution in [0, 0.1) is 0 Å². The van der Waals surface area contributed by atoms with Crippen LogP contribution in [0.5, 0.6) is 0 Å². The number of rotatable bonds is 6. The van der Waals surface area contributed by atoms with Crippen molar-refractivity contribution in [2.24, 2.45) is 0 Å². The van der Waals surface area contributed by atoms with Crippen LogP contribution in [-0.4, -0.2) is 23.6 Å². The summed E-state index contributed by atoms with van der Waals surface area (Å²) in [6, 6.07) is 7.29. The van der Waals surface area contributed by atoms with Gasteiger partial charge in [0.15, 0.2) is 0 Å². The summed E-state index contributed by atoms with van der Waals surface area (Å²) < 4.78 is 0. The van der Waals surface area contributed by atoms with Crippen molar-refractivity contribution < 1.29 is 14.8 Å². The van der Waals surface area contributed by atoms with Gasteiger partial charge in [-0.3, -0.25) is 14.8 Å². The zero-order valence-corrected chi connectivity index (χ0v) is 10.4. The van der Waals surface area contributed by atoms with Gasteiger partial charge in [-0.15, -0.1) is 0 Å². The number of aryl methyl sites for hydroxylation is 1. The van der Waals surface area contributed by atoms with E-state index < -0.39 is 5.91 Å². The first-order valence-electron chi connectivity index (χ1n) is 5.97. The molecule has 0 heterocycles. The summed E-state index contributed by atoms with van der Waals surface area (Å²) in [6.07, 6.45) is 3.27. The molecule has 0 atom stereocenters. The maximum Gasteiger partial charge on any atom is 0.262 e. The van der Waals surface area contributed by atoms with Gasteiger partial charge >= 0.3 is 0 Å². The minimum absolute atomic E-state index is 0.243. The van der Waals surface area contributed by atoms with E-state index in [2.05, 4.69) is 12.2 Å². The van der Waals surface area contributed by atoms with Crippen LogP contribution >= 0.6 is 0 Å². The number of amides is 2. The lowest BCUT2D eigenvalue weighted by Crippen LogP contribution is -2.35. The van der Waals surface area contributed by atoms with Gasteiger partial charge in [0.05, 0.1) is 6.54 Å². The monoisotopic (exact) mass is 250 g/mol. The molecule has 0 radical (unpaired) electrons. The number of hydroxylamine groups is 1. The zero-order chi connectivity index (χ0) is 13.4. The van der Waals surface area contributed by atoms with Gasteiger partial charge in [-0.05, 0) is 30.5 Å². The predicted molar refractivity (Wildman–Crippen MR) is 67.3 cm³/mol. The molecule has 1 aromatic rings. The Morgan fingerprint density at radius 1 is 1.22 bits per heavy atom. The van der Waals surface area contributed by atoms with Crippen LogP contribution in [0.2, 0.25) is 0 Å². The van der Waals surface area contributed by atoms with E-state index >= 15 is 0 Å². The summed E-state index contributed by atoms with van der Waals surface area (Å²) in [6.45, 7) is 1.89. The van der Waals surface area contributed by atoms with Crippen molar-refractivity contribution in [3.8, 4) is 0 Å². The van der Waals surface area contributed by atoms with Crippen LogP contribution in [0.4, 0.5) is 0 Å². The zero-order valence-electron chi connectivity index (χ0n) is 10.4. The van der Waals surface area contributed by atoms with Crippen molar-refractivity contribution in [1.82, 2.24) is 10.8 Å². The first kappa shape index (κ1) is 14.2. The molecule has 98 valence electrons. The standard InChI is InChI=1S/C13H18N2O3/c1-2-3-4-10-5-7-11(8-6-10)13(17)14-9-12(16)15-18/h5-8,18H,2-4,9H2,1H3,(H,14,17)(H,15,16). The fraction of sp³-hybridized carbons (Fsp3) is 0.385. The van der Waals surface area contributed by atoms with Crippen molar-refractivity contribution in [3.05, 3.63) is 35.4 Å². The molecular formula is C13H18N2O3. The number of carbonyl (C=O) groups is 2.